The van der Waals surface area contributed by atoms with Gasteiger partial charge in [-0.05, 0) is 23.8 Å². The highest BCUT2D eigenvalue weighted by atomic mass is 32.2. The molecule has 2 N–H and O–H groups in total. The number of benzene rings is 2. The number of hydrogen-bond donors (Lipinski definition) is 1. The van der Waals surface area contributed by atoms with Gasteiger partial charge in [0, 0.05) is 5.56 Å². The van der Waals surface area contributed by atoms with Crippen molar-refractivity contribution in [3.05, 3.63) is 71.8 Å². The van der Waals surface area contributed by atoms with Gasteiger partial charge in [0.2, 0.25) is 10.0 Å². The number of carbonyl (C=O) groups is 1. The number of allylic oxidation sites excluding steroid dienone is 1. The molecule has 2 rings (SSSR count). The summed E-state index contributed by atoms with van der Waals surface area (Å²) in [6, 6.07) is 14.9. The molecule has 0 radical (unpaired) electrons. The second-order valence-electron chi connectivity index (χ2n) is 4.18. The van der Waals surface area contributed by atoms with E-state index in [9.17, 15) is 13.2 Å². The molecule has 102 valence electrons. The number of hydrogen-bond acceptors (Lipinski definition) is 3. The second kappa shape index (κ2) is 5.81. The van der Waals surface area contributed by atoms with E-state index < -0.39 is 10.0 Å². The van der Waals surface area contributed by atoms with Crippen molar-refractivity contribution in [3.8, 4) is 0 Å². The number of rotatable bonds is 4. The molecule has 2 aromatic carbocycles. The largest absolute Gasteiger partial charge is 0.289 e. The molecule has 0 spiro atoms. The van der Waals surface area contributed by atoms with Crippen molar-refractivity contribution < 1.29 is 13.2 Å². The quantitative estimate of drug-likeness (QED) is 0.692. The van der Waals surface area contributed by atoms with E-state index in [1.54, 1.807) is 42.5 Å². The lowest BCUT2D eigenvalue weighted by molar-refractivity contribution is 0.104. The van der Waals surface area contributed by atoms with E-state index in [-0.39, 0.29) is 10.7 Å². The highest BCUT2D eigenvalue weighted by Crippen LogP contribution is 2.10. The maximum absolute atomic E-state index is 11.8. The Morgan fingerprint density at radius 1 is 0.950 bits per heavy atom. The minimum Gasteiger partial charge on any atom is -0.289 e. The monoisotopic (exact) mass is 287 g/mol. The van der Waals surface area contributed by atoms with Crippen molar-refractivity contribution >= 4 is 21.9 Å². The molecule has 0 unspecified atom stereocenters. The third-order valence-electron chi connectivity index (χ3n) is 2.69. The lowest BCUT2D eigenvalue weighted by Crippen LogP contribution is -2.11. The average Bonchev–Trinajstić information content (AvgIpc) is 2.45. The first-order valence-electron chi connectivity index (χ1n) is 5.87. The van der Waals surface area contributed by atoms with E-state index >= 15 is 0 Å². The van der Waals surface area contributed by atoms with Gasteiger partial charge < -0.3 is 0 Å². The zero-order valence-electron chi connectivity index (χ0n) is 10.6. The van der Waals surface area contributed by atoms with Gasteiger partial charge in [-0.15, -0.1) is 0 Å². The highest BCUT2D eigenvalue weighted by Gasteiger charge is 2.06. The Kier molecular flexibility index (Phi) is 4.12. The molecule has 4 nitrogen and oxygen atoms in total. The molecule has 0 aromatic heterocycles. The Morgan fingerprint density at radius 2 is 1.55 bits per heavy atom. The summed E-state index contributed by atoms with van der Waals surface area (Å²) >= 11 is 0. The predicted molar refractivity (Wildman–Crippen MR) is 77.6 cm³/mol. The van der Waals surface area contributed by atoms with Gasteiger partial charge in [-0.2, -0.15) is 0 Å². The first-order valence-corrected chi connectivity index (χ1v) is 7.42. The summed E-state index contributed by atoms with van der Waals surface area (Å²) in [6.07, 6.45) is 3.07. The van der Waals surface area contributed by atoms with E-state index in [1.807, 2.05) is 6.07 Å². The summed E-state index contributed by atoms with van der Waals surface area (Å²) in [4.78, 5) is 11.9. The van der Waals surface area contributed by atoms with Crippen LogP contribution >= 0.6 is 0 Å². The number of sulfonamides is 1. The van der Waals surface area contributed by atoms with Gasteiger partial charge in [0.05, 0.1) is 4.90 Å². The third kappa shape index (κ3) is 3.63. The smallest absolute Gasteiger partial charge is 0.238 e. The fourth-order valence-electron chi connectivity index (χ4n) is 1.64. The molecule has 20 heavy (non-hydrogen) atoms. The average molecular weight is 287 g/mol. The molecule has 0 saturated heterocycles. The third-order valence-corrected chi connectivity index (χ3v) is 3.62. The van der Waals surface area contributed by atoms with Crippen molar-refractivity contribution in [2.24, 2.45) is 5.14 Å². The molecule has 0 heterocycles. The fourth-order valence-corrected chi connectivity index (χ4v) is 2.15. The van der Waals surface area contributed by atoms with Gasteiger partial charge in [0.15, 0.2) is 5.78 Å². The highest BCUT2D eigenvalue weighted by molar-refractivity contribution is 7.89. The molecular formula is C15H13NO3S. The lowest BCUT2D eigenvalue weighted by Gasteiger charge is -1.98. The van der Waals surface area contributed by atoms with Crippen molar-refractivity contribution in [1.82, 2.24) is 0 Å². The van der Waals surface area contributed by atoms with E-state index in [2.05, 4.69) is 0 Å². The van der Waals surface area contributed by atoms with E-state index in [0.717, 1.165) is 5.56 Å². The van der Waals surface area contributed by atoms with Crippen LogP contribution < -0.4 is 5.14 Å². The maximum atomic E-state index is 11.8. The summed E-state index contributed by atoms with van der Waals surface area (Å²) in [7, 11) is -3.68. The molecule has 0 atom stereocenters. The lowest BCUT2D eigenvalue weighted by atomic mass is 10.1. The number of ketones is 1. The van der Waals surface area contributed by atoms with Gasteiger partial charge in [-0.25, -0.2) is 13.6 Å². The molecule has 0 aliphatic heterocycles. The van der Waals surface area contributed by atoms with Gasteiger partial charge >= 0.3 is 0 Å². The zero-order valence-corrected chi connectivity index (χ0v) is 11.4. The minimum absolute atomic E-state index is 0.0454. The number of nitrogens with two attached hydrogens (primary N) is 1. The van der Waals surface area contributed by atoms with E-state index in [4.69, 9.17) is 5.14 Å². The van der Waals surface area contributed by atoms with Gasteiger partial charge in [-0.3, -0.25) is 4.79 Å². The molecule has 0 aliphatic rings. The first-order chi connectivity index (χ1) is 9.47. The van der Waals surface area contributed by atoms with Crippen LogP contribution in [-0.4, -0.2) is 14.2 Å². The normalized spacial score (nSPS) is 11.7. The molecule has 0 aliphatic carbocycles. The van der Waals surface area contributed by atoms with Crippen LogP contribution in [0.15, 0.2) is 65.6 Å². The molecule has 0 fully saturated rings. The summed E-state index contributed by atoms with van der Waals surface area (Å²) in [5, 5.41) is 5.01. The maximum Gasteiger partial charge on any atom is 0.238 e. The molecule has 0 saturated carbocycles. The minimum atomic E-state index is -3.68. The molecule has 0 bridgehead atoms. The topological polar surface area (TPSA) is 77.2 Å². The van der Waals surface area contributed by atoms with Crippen molar-refractivity contribution in [1.29, 1.82) is 0 Å². The van der Waals surface area contributed by atoms with E-state index in [1.165, 1.54) is 18.2 Å². The Labute approximate surface area is 117 Å². The van der Waals surface area contributed by atoms with Crippen LogP contribution in [0.4, 0.5) is 0 Å². The van der Waals surface area contributed by atoms with Crippen molar-refractivity contribution in [3.63, 3.8) is 0 Å². The zero-order chi connectivity index (χ0) is 14.6. The summed E-state index contributed by atoms with van der Waals surface area (Å²) in [5.74, 6) is -0.110. The molecular weight excluding hydrogens is 274 g/mol. The molecule has 2 aromatic rings. The molecule has 0 amide bonds. The van der Waals surface area contributed by atoms with Crippen molar-refractivity contribution in [2.45, 2.75) is 4.90 Å². The van der Waals surface area contributed by atoms with Gasteiger partial charge in [-0.1, -0.05) is 48.5 Å². The predicted octanol–water partition coefficient (Wildman–Crippen LogP) is 2.23. The molecule has 5 heteroatoms. The Hall–Kier alpha value is -2.24. The first kappa shape index (κ1) is 14.2. The van der Waals surface area contributed by atoms with Crippen LogP contribution in [0.3, 0.4) is 0 Å². The Morgan fingerprint density at radius 3 is 2.10 bits per heavy atom. The van der Waals surface area contributed by atoms with Crippen LogP contribution in [-0.2, 0) is 10.0 Å². The van der Waals surface area contributed by atoms with Crippen LogP contribution in [0.25, 0.3) is 6.08 Å². The summed E-state index contributed by atoms with van der Waals surface area (Å²) < 4.78 is 22.2. The van der Waals surface area contributed by atoms with Crippen molar-refractivity contribution in [2.75, 3.05) is 0 Å². The van der Waals surface area contributed by atoms with Crippen LogP contribution in [0.1, 0.15) is 15.9 Å². The van der Waals surface area contributed by atoms with Gasteiger partial charge in [0.1, 0.15) is 0 Å². The fraction of sp³-hybridized carbons (Fsp3) is 0. The Bertz CT molecular complexity index is 732. The number of carbonyl (C=O) groups excluding carboxylic acids is 1. The van der Waals surface area contributed by atoms with Crippen LogP contribution in [0.2, 0.25) is 0 Å². The van der Waals surface area contributed by atoms with Gasteiger partial charge in [0.25, 0.3) is 0 Å². The second-order valence-corrected chi connectivity index (χ2v) is 5.74. The number of primary sulfonamides is 1. The SMILES string of the molecule is NS(=O)(=O)c1ccc(/C=C/C(=O)c2ccccc2)cc1. The van der Waals surface area contributed by atoms with Crippen LogP contribution in [0.5, 0.6) is 0 Å². The Balaban J connectivity index is 2.15. The summed E-state index contributed by atoms with van der Waals surface area (Å²) in [6.45, 7) is 0. The van der Waals surface area contributed by atoms with E-state index in [0.29, 0.717) is 5.56 Å². The van der Waals surface area contributed by atoms with Crippen LogP contribution in [0, 0.1) is 0 Å². The standard InChI is InChI=1S/C15H13NO3S/c16-20(18,19)14-9-6-12(7-10-14)8-11-15(17)13-4-2-1-3-5-13/h1-11H,(H2,16,18,19)/b11-8+. The summed E-state index contributed by atoms with van der Waals surface area (Å²) in [5.41, 5.74) is 1.33.